The number of hydrogen-bond donors (Lipinski definition) is 1. The van der Waals surface area contributed by atoms with Gasteiger partial charge in [-0.2, -0.15) is 4.31 Å². The van der Waals surface area contributed by atoms with Gasteiger partial charge in [0.1, 0.15) is 29.1 Å². The maximum Gasteiger partial charge on any atom is 0.323 e. The molecule has 3 aromatic rings. The predicted octanol–water partition coefficient (Wildman–Crippen LogP) is 1.44. The summed E-state index contributed by atoms with van der Waals surface area (Å²) < 4.78 is 47.8. The molecule has 0 fully saturated rings. The maximum atomic E-state index is 13.5. The van der Waals surface area contributed by atoms with Gasteiger partial charge in [-0.3, -0.25) is 4.79 Å². The molecule has 0 amide bonds. The summed E-state index contributed by atoms with van der Waals surface area (Å²) in [6, 6.07) is 2.33. The summed E-state index contributed by atoms with van der Waals surface area (Å²) in [5.74, 6) is -0.977. The van der Waals surface area contributed by atoms with Crippen LogP contribution in [0.2, 0.25) is 0 Å². The van der Waals surface area contributed by atoms with Crippen LogP contribution in [-0.2, 0) is 27.9 Å². The van der Waals surface area contributed by atoms with E-state index in [0.29, 0.717) is 17.0 Å². The lowest BCUT2D eigenvalue weighted by Crippen LogP contribution is -2.50. The minimum absolute atomic E-state index is 0.114. The standard InChI is InChI=1S/C16H15FN4O5S/c1-8-11-5-10(17)3-4-13(11)26-16(8)27(24,25)21-7-14-19-18-9(2)20(14)6-12(21)15(22)23/h3-5,12H,6-7H2,1-2H3,(H,22,23). The first-order valence-corrected chi connectivity index (χ1v) is 9.46. The number of aryl methyl sites for hydroxylation is 2. The Kier molecular flexibility index (Phi) is 3.82. The third kappa shape index (κ3) is 2.61. The molecule has 1 aliphatic rings. The van der Waals surface area contributed by atoms with Gasteiger partial charge < -0.3 is 14.1 Å². The summed E-state index contributed by atoms with van der Waals surface area (Å²) in [7, 11) is -4.31. The summed E-state index contributed by atoms with van der Waals surface area (Å²) in [5.41, 5.74) is 0.423. The van der Waals surface area contributed by atoms with Crippen molar-refractivity contribution in [2.75, 3.05) is 0 Å². The molecule has 0 saturated carbocycles. The van der Waals surface area contributed by atoms with E-state index in [2.05, 4.69) is 10.2 Å². The molecule has 1 N–H and O–H groups in total. The predicted molar refractivity (Wildman–Crippen MR) is 89.8 cm³/mol. The third-order valence-electron chi connectivity index (χ3n) is 4.70. The number of carboxylic acids is 1. The SMILES string of the molecule is Cc1c(S(=O)(=O)N2Cc3nnc(C)n3CC2C(=O)O)oc2ccc(F)cc12. The molecule has 11 heteroatoms. The Morgan fingerprint density at radius 2 is 2.07 bits per heavy atom. The minimum atomic E-state index is -4.31. The van der Waals surface area contributed by atoms with E-state index in [1.807, 2.05) is 0 Å². The molecule has 27 heavy (non-hydrogen) atoms. The maximum absolute atomic E-state index is 13.5. The highest BCUT2D eigenvalue weighted by Gasteiger charge is 2.43. The smallest absolute Gasteiger partial charge is 0.323 e. The summed E-state index contributed by atoms with van der Waals surface area (Å²) >= 11 is 0. The van der Waals surface area contributed by atoms with Crippen molar-refractivity contribution >= 4 is 27.0 Å². The molecule has 1 aliphatic heterocycles. The topological polar surface area (TPSA) is 119 Å². The number of carbonyl (C=O) groups is 1. The second-order valence-corrected chi connectivity index (χ2v) is 8.12. The van der Waals surface area contributed by atoms with Crippen LogP contribution < -0.4 is 0 Å². The molecular weight excluding hydrogens is 379 g/mol. The molecule has 0 radical (unpaired) electrons. The Morgan fingerprint density at radius 1 is 1.33 bits per heavy atom. The highest BCUT2D eigenvalue weighted by Crippen LogP contribution is 2.33. The Morgan fingerprint density at radius 3 is 2.78 bits per heavy atom. The van der Waals surface area contributed by atoms with Gasteiger partial charge in [0.15, 0.2) is 0 Å². The zero-order valence-corrected chi connectivity index (χ0v) is 15.2. The second-order valence-electron chi connectivity index (χ2n) is 6.33. The van der Waals surface area contributed by atoms with Gasteiger partial charge in [-0.25, -0.2) is 12.8 Å². The van der Waals surface area contributed by atoms with Crippen LogP contribution >= 0.6 is 0 Å². The van der Waals surface area contributed by atoms with Gasteiger partial charge in [-0.05, 0) is 32.0 Å². The van der Waals surface area contributed by atoms with Gasteiger partial charge in [-0.1, -0.05) is 0 Å². The Bertz CT molecular complexity index is 1180. The van der Waals surface area contributed by atoms with Crippen molar-refractivity contribution in [1.82, 2.24) is 19.1 Å². The first kappa shape index (κ1) is 17.6. The zero-order valence-electron chi connectivity index (χ0n) is 14.4. The fraction of sp³-hybridized carbons (Fsp3) is 0.312. The van der Waals surface area contributed by atoms with Gasteiger partial charge >= 0.3 is 5.97 Å². The van der Waals surface area contributed by atoms with Crippen LogP contribution in [0.3, 0.4) is 0 Å². The average molecular weight is 394 g/mol. The number of carboxylic acid groups (broad SMARTS) is 1. The van der Waals surface area contributed by atoms with Crippen molar-refractivity contribution in [2.24, 2.45) is 0 Å². The molecule has 2 aromatic heterocycles. The first-order chi connectivity index (χ1) is 12.7. The number of sulfonamides is 1. The largest absolute Gasteiger partial charge is 0.480 e. The van der Waals surface area contributed by atoms with Crippen molar-refractivity contribution in [3.8, 4) is 0 Å². The molecule has 0 spiro atoms. The highest BCUT2D eigenvalue weighted by molar-refractivity contribution is 7.89. The minimum Gasteiger partial charge on any atom is -0.480 e. The Labute approximate surface area is 153 Å². The van der Waals surface area contributed by atoms with E-state index in [0.717, 1.165) is 10.4 Å². The number of nitrogens with zero attached hydrogens (tertiary/aromatic N) is 4. The van der Waals surface area contributed by atoms with E-state index < -0.39 is 32.9 Å². The molecular formula is C16H15FN4O5S. The molecule has 3 heterocycles. The molecule has 4 rings (SSSR count). The average Bonchev–Trinajstić information content (AvgIpc) is 3.15. The number of rotatable bonds is 3. The normalized spacial score (nSPS) is 18.0. The lowest BCUT2D eigenvalue weighted by Gasteiger charge is -2.31. The van der Waals surface area contributed by atoms with Gasteiger partial charge in [0.25, 0.3) is 10.0 Å². The van der Waals surface area contributed by atoms with E-state index >= 15 is 0 Å². The van der Waals surface area contributed by atoms with E-state index in [1.54, 1.807) is 11.5 Å². The molecule has 142 valence electrons. The van der Waals surface area contributed by atoms with Crippen LogP contribution in [-0.4, -0.2) is 44.6 Å². The summed E-state index contributed by atoms with van der Waals surface area (Å²) in [6.07, 6.45) is 0. The van der Waals surface area contributed by atoms with Crippen LogP contribution in [0.25, 0.3) is 11.0 Å². The molecule has 9 nitrogen and oxygen atoms in total. The van der Waals surface area contributed by atoms with Crippen molar-refractivity contribution in [2.45, 2.75) is 38.1 Å². The number of aromatic nitrogens is 3. The summed E-state index contributed by atoms with van der Waals surface area (Å²) in [6.45, 7) is 2.78. The number of fused-ring (bicyclic) bond motifs is 2. The van der Waals surface area contributed by atoms with Crippen LogP contribution in [0.15, 0.2) is 27.7 Å². The van der Waals surface area contributed by atoms with Crippen LogP contribution in [0.1, 0.15) is 17.2 Å². The van der Waals surface area contributed by atoms with Gasteiger partial charge in [-0.15, -0.1) is 10.2 Å². The molecule has 1 unspecified atom stereocenters. The molecule has 0 saturated heterocycles. The fourth-order valence-electron chi connectivity index (χ4n) is 3.27. The van der Waals surface area contributed by atoms with Crippen LogP contribution in [0, 0.1) is 19.7 Å². The number of halogens is 1. The molecule has 1 aromatic carbocycles. The summed E-state index contributed by atoms with van der Waals surface area (Å²) in [4.78, 5) is 11.7. The van der Waals surface area contributed by atoms with Crippen molar-refractivity contribution in [1.29, 1.82) is 0 Å². The molecule has 0 bridgehead atoms. The quantitative estimate of drug-likeness (QED) is 0.714. The summed E-state index contributed by atoms with van der Waals surface area (Å²) in [5, 5.41) is 17.3. The lowest BCUT2D eigenvalue weighted by molar-refractivity contribution is -0.142. The number of aliphatic carboxylic acids is 1. The van der Waals surface area contributed by atoms with Crippen molar-refractivity contribution in [3.63, 3.8) is 0 Å². The van der Waals surface area contributed by atoms with Gasteiger partial charge in [0.05, 0.1) is 13.1 Å². The monoisotopic (exact) mass is 394 g/mol. The number of benzene rings is 1. The van der Waals surface area contributed by atoms with E-state index in [4.69, 9.17) is 4.42 Å². The Balaban J connectivity index is 1.85. The van der Waals surface area contributed by atoms with Crippen molar-refractivity contribution < 1.29 is 27.1 Å². The highest BCUT2D eigenvalue weighted by atomic mass is 32.2. The third-order valence-corrected chi connectivity index (χ3v) is 6.55. The number of hydrogen-bond acceptors (Lipinski definition) is 6. The lowest BCUT2D eigenvalue weighted by atomic mass is 10.2. The van der Waals surface area contributed by atoms with Gasteiger partial charge in [0, 0.05) is 10.9 Å². The second kappa shape index (κ2) is 5.86. The molecule has 1 atom stereocenters. The van der Waals surface area contributed by atoms with E-state index in [-0.39, 0.29) is 24.2 Å². The fourth-order valence-corrected chi connectivity index (χ4v) is 4.95. The molecule has 0 aliphatic carbocycles. The van der Waals surface area contributed by atoms with E-state index in [1.165, 1.54) is 19.1 Å². The van der Waals surface area contributed by atoms with Crippen LogP contribution in [0.5, 0.6) is 0 Å². The van der Waals surface area contributed by atoms with Gasteiger partial charge in [0.2, 0.25) is 5.09 Å². The van der Waals surface area contributed by atoms with E-state index in [9.17, 15) is 22.7 Å². The van der Waals surface area contributed by atoms with Crippen LogP contribution in [0.4, 0.5) is 4.39 Å². The van der Waals surface area contributed by atoms with Crippen molar-refractivity contribution in [3.05, 3.63) is 41.2 Å². The first-order valence-electron chi connectivity index (χ1n) is 8.02. The zero-order chi connectivity index (χ0) is 19.5. The number of furan rings is 1. The Hall–Kier alpha value is -2.79.